The molecule has 6 heteroatoms. The summed E-state index contributed by atoms with van der Waals surface area (Å²) < 4.78 is 0. The van der Waals surface area contributed by atoms with Crippen LogP contribution in [-0.2, 0) is 4.79 Å². The van der Waals surface area contributed by atoms with Crippen LogP contribution in [0, 0.1) is 0 Å². The third-order valence-electron chi connectivity index (χ3n) is 3.62. The second kappa shape index (κ2) is 4.51. The fraction of sp³-hybridized carbons (Fsp3) is 0.667. The molecule has 2 aliphatic rings. The molecule has 1 aromatic heterocycles. The van der Waals surface area contributed by atoms with Gasteiger partial charge in [-0.3, -0.25) is 9.69 Å². The molecule has 0 bridgehead atoms. The average molecular weight is 266 g/mol. The summed E-state index contributed by atoms with van der Waals surface area (Å²) in [6.07, 6.45) is 5.26. The van der Waals surface area contributed by atoms with Crippen LogP contribution >= 0.6 is 11.3 Å². The molecule has 0 spiro atoms. The lowest BCUT2D eigenvalue weighted by molar-refractivity contribution is -0.122. The van der Waals surface area contributed by atoms with Gasteiger partial charge < -0.3 is 10.2 Å². The van der Waals surface area contributed by atoms with Crippen LogP contribution < -0.4 is 10.2 Å². The monoisotopic (exact) mass is 266 g/mol. The van der Waals surface area contributed by atoms with Crippen LogP contribution in [0.15, 0.2) is 6.20 Å². The molecule has 1 aromatic rings. The van der Waals surface area contributed by atoms with Gasteiger partial charge in [0.25, 0.3) is 0 Å². The molecule has 5 nitrogen and oxygen atoms in total. The van der Waals surface area contributed by atoms with E-state index in [1.807, 2.05) is 25.2 Å². The summed E-state index contributed by atoms with van der Waals surface area (Å²) in [5.74, 6) is 0.180. The summed E-state index contributed by atoms with van der Waals surface area (Å²) in [5, 5.41) is 4.09. The van der Waals surface area contributed by atoms with Gasteiger partial charge in [-0.05, 0) is 12.8 Å². The van der Waals surface area contributed by atoms with E-state index in [-0.39, 0.29) is 18.1 Å². The van der Waals surface area contributed by atoms with E-state index >= 15 is 0 Å². The van der Waals surface area contributed by atoms with Crippen molar-refractivity contribution in [2.45, 2.75) is 31.5 Å². The van der Waals surface area contributed by atoms with E-state index in [1.54, 1.807) is 11.3 Å². The molecule has 2 saturated heterocycles. The molecular weight excluding hydrogens is 248 g/mol. The molecule has 2 fully saturated rings. The number of aromatic nitrogens is 1. The van der Waals surface area contributed by atoms with E-state index in [0.29, 0.717) is 0 Å². The smallest absolute Gasteiger partial charge is 0.238 e. The van der Waals surface area contributed by atoms with Gasteiger partial charge in [0.05, 0.1) is 10.9 Å². The molecule has 3 rings (SSSR count). The van der Waals surface area contributed by atoms with Crippen LogP contribution in [0.1, 0.15) is 30.3 Å². The Bertz CT molecular complexity index is 459. The molecule has 98 valence electrons. The quantitative estimate of drug-likeness (QED) is 0.873. The van der Waals surface area contributed by atoms with E-state index in [0.717, 1.165) is 29.4 Å². The minimum Gasteiger partial charge on any atom is -0.354 e. The Balaban J connectivity index is 1.85. The van der Waals surface area contributed by atoms with Crippen molar-refractivity contribution in [2.75, 3.05) is 25.5 Å². The number of fused-ring (bicyclic) bond motifs is 1. The molecule has 1 amide bonds. The summed E-state index contributed by atoms with van der Waals surface area (Å²) in [6.45, 7) is 1.00. The first-order valence-electron chi connectivity index (χ1n) is 6.36. The maximum absolute atomic E-state index is 12.0. The molecule has 0 unspecified atom stereocenters. The molecule has 18 heavy (non-hydrogen) atoms. The predicted octanol–water partition coefficient (Wildman–Crippen LogP) is 1.19. The first-order chi connectivity index (χ1) is 8.66. The minimum atomic E-state index is 0.0361. The van der Waals surface area contributed by atoms with Crippen molar-refractivity contribution in [1.82, 2.24) is 15.2 Å². The molecule has 0 aromatic carbocycles. The molecule has 2 atom stereocenters. The average Bonchev–Trinajstić information content (AvgIpc) is 2.95. The van der Waals surface area contributed by atoms with Crippen LogP contribution in [-0.4, -0.2) is 42.5 Å². The number of amides is 1. The lowest BCUT2D eigenvalue weighted by atomic mass is 10.0. The SMILES string of the molecule is CN(C)c1ncc([C@@H]2NC(=O)[C@@H]3CCCCN32)s1. The normalized spacial score (nSPS) is 28.0. The van der Waals surface area contributed by atoms with Crippen molar-refractivity contribution in [1.29, 1.82) is 0 Å². The highest BCUT2D eigenvalue weighted by Gasteiger charge is 2.42. The third-order valence-corrected chi connectivity index (χ3v) is 4.84. The summed E-state index contributed by atoms with van der Waals surface area (Å²) in [5.41, 5.74) is 0. The van der Waals surface area contributed by atoms with Gasteiger partial charge in [-0.25, -0.2) is 4.98 Å². The fourth-order valence-electron chi connectivity index (χ4n) is 2.70. The Morgan fingerprint density at radius 2 is 2.33 bits per heavy atom. The van der Waals surface area contributed by atoms with Crippen LogP contribution in [0.4, 0.5) is 5.13 Å². The van der Waals surface area contributed by atoms with Gasteiger partial charge in [-0.2, -0.15) is 0 Å². The molecule has 3 heterocycles. The Kier molecular flexibility index (Phi) is 2.99. The lowest BCUT2D eigenvalue weighted by Gasteiger charge is -2.30. The molecular formula is C12H18N4OS. The summed E-state index contributed by atoms with van der Waals surface area (Å²) in [6, 6.07) is 0.0775. The number of carbonyl (C=O) groups is 1. The van der Waals surface area contributed by atoms with Crippen molar-refractivity contribution in [3.8, 4) is 0 Å². The van der Waals surface area contributed by atoms with Gasteiger partial charge >= 0.3 is 0 Å². The summed E-state index contributed by atoms with van der Waals surface area (Å²) >= 11 is 1.65. The second-order valence-electron chi connectivity index (χ2n) is 5.10. The standard InChI is InChI=1S/C12H18N4OS/c1-15(2)12-13-7-9(18-12)10-14-11(17)8-5-3-4-6-16(8)10/h7-8,10H,3-6H2,1-2H3,(H,14,17)/t8-,10+/m0/s1. The topological polar surface area (TPSA) is 48.5 Å². The zero-order chi connectivity index (χ0) is 12.7. The van der Waals surface area contributed by atoms with Crippen molar-refractivity contribution in [2.24, 2.45) is 0 Å². The highest BCUT2D eigenvalue weighted by atomic mass is 32.1. The fourth-order valence-corrected chi connectivity index (χ4v) is 3.61. The van der Waals surface area contributed by atoms with Gasteiger partial charge in [0.2, 0.25) is 5.91 Å². The van der Waals surface area contributed by atoms with Gasteiger partial charge in [0, 0.05) is 26.8 Å². The Morgan fingerprint density at radius 3 is 3.06 bits per heavy atom. The summed E-state index contributed by atoms with van der Waals surface area (Å²) in [4.78, 5) is 21.8. The van der Waals surface area contributed by atoms with Crippen molar-refractivity contribution >= 4 is 22.4 Å². The number of hydrogen-bond acceptors (Lipinski definition) is 5. The highest BCUT2D eigenvalue weighted by Crippen LogP contribution is 2.35. The third kappa shape index (κ3) is 1.89. The Hall–Kier alpha value is -1.14. The molecule has 0 saturated carbocycles. The number of nitrogens with zero attached hydrogens (tertiary/aromatic N) is 3. The maximum Gasteiger partial charge on any atom is 0.238 e. The molecule has 0 radical (unpaired) electrons. The van der Waals surface area contributed by atoms with Gasteiger partial charge in [0.15, 0.2) is 5.13 Å². The number of piperidine rings is 1. The van der Waals surface area contributed by atoms with Crippen LogP contribution in [0.5, 0.6) is 0 Å². The van der Waals surface area contributed by atoms with Crippen molar-refractivity contribution < 1.29 is 4.79 Å². The molecule has 2 aliphatic heterocycles. The van der Waals surface area contributed by atoms with Crippen molar-refractivity contribution in [3.05, 3.63) is 11.1 Å². The van der Waals surface area contributed by atoms with Crippen LogP contribution in [0.25, 0.3) is 0 Å². The largest absolute Gasteiger partial charge is 0.354 e. The molecule has 1 N–H and O–H groups in total. The van der Waals surface area contributed by atoms with E-state index < -0.39 is 0 Å². The lowest BCUT2D eigenvalue weighted by Crippen LogP contribution is -2.38. The van der Waals surface area contributed by atoms with Crippen LogP contribution in [0.3, 0.4) is 0 Å². The number of thiazole rings is 1. The predicted molar refractivity (Wildman–Crippen MR) is 71.7 cm³/mol. The minimum absolute atomic E-state index is 0.0361. The zero-order valence-electron chi connectivity index (χ0n) is 10.7. The van der Waals surface area contributed by atoms with Gasteiger partial charge in [-0.1, -0.05) is 17.8 Å². The number of rotatable bonds is 2. The Labute approximate surface area is 111 Å². The second-order valence-corrected chi connectivity index (χ2v) is 6.14. The highest BCUT2D eigenvalue weighted by molar-refractivity contribution is 7.15. The van der Waals surface area contributed by atoms with E-state index in [1.165, 1.54) is 6.42 Å². The number of anilines is 1. The van der Waals surface area contributed by atoms with Crippen LogP contribution in [0.2, 0.25) is 0 Å². The first-order valence-corrected chi connectivity index (χ1v) is 7.17. The van der Waals surface area contributed by atoms with Crippen molar-refractivity contribution in [3.63, 3.8) is 0 Å². The zero-order valence-corrected chi connectivity index (χ0v) is 11.5. The first kappa shape index (κ1) is 11.9. The maximum atomic E-state index is 12.0. The molecule has 0 aliphatic carbocycles. The van der Waals surface area contributed by atoms with E-state index in [4.69, 9.17) is 0 Å². The van der Waals surface area contributed by atoms with Gasteiger partial charge in [0.1, 0.15) is 6.17 Å². The Morgan fingerprint density at radius 1 is 1.50 bits per heavy atom. The van der Waals surface area contributed by atoms with E-state index in [9.17, 15) is 4.79 Å². The number of hydrogen-bond donors (Lipinski definition) is 1. The van der Waals surface area contributed by atoms with E-state index in [2.05, 4.69) is 15.2 Å². The number of nitrogens with one attached hydrogen (secondary N) is 1. The number of carbonyl (C=O) groups excluding carboxylic acids is 1. The van der Waals surface area contributed by atoms with Gasteiger partial charge in [-0.15, -0.1) is 0 Å². The summed E-state index contributed by atoms with van der Waals surface area (Å²) in [7, 11) is 3.97.